The van der Waals surface area contributed by atoms with E-state index in [2.05, 4.69) is 25.4 Å². The van der Waals surface area contributed by atoms with Gasteiger partial charge in [0, 0.05) is 30.3 Å². The molecule has 3 aromatic rings. The Morgan fingerprint density at radius 2 is 2.10 bits per heavy atom. The highest BCUT2D eigenvalue weighted by atomic mass is 16.5. The Balaban J connectivity index is 1.42. The van der Waals surface area contributed by atoms with E-state index in [4.69, 9.17) is 4.52 Å². The number of H-pyrrole nitrogens is 1. The minimum atomic E-state index is -0.0792. The summed E-state index contributed by atoms with van der Waals surface area (Å²) in [6.07, 6.45) is 3.39. The van der Waals surface area contributed by atoms with Crippen molar-refractivity contribution in [2.75, 3.05) is 13.1 Å². The van der Waals surface area contributed by atoms with Crippen molar-refractivity contribution in [3.8, 4) is 0 Å². The first-order valence-electron chi connectivity index (χ1n) is 10.5. The van der Waals surface area contributed by atoms with Gasteiger partial charge in [0.25, 0.3) is 5.91 Å². The Hall–Kier alpha value is -2.97. The second-order valence-corrected chi connectivity index (χ2v) is 8.88. The van der Waals surface area contributed by atoms with E-state index in [1.807, 2.05) is 43.3 Å². The van der Waals surface area contributed by atoms with Crippen LogP contribution in [0.4, 0.5) is 0 Å². The number of rotatable bonds is 4. The number of aromatic amines is 1. The molecule has 5 rings (SSSR count). The Bertz CT molecular complexity index is 1100. The monoisotopic (exact) mass is 409 g/mol. The molecule has 1 saturated carbocycles. The molecule has 1 unspecified atom stereocenters. The summed E-state index contributed by atoms with van der Waals surface area (Å²) in [7, 11) is 0. The van der Waals surface area contributed by atoms with E-state index in [0.717, 1.165) is 48.0 Å². The number of hydrogen-bond acceptors (Lipinski definition) is 6. The van der Waals surface area contributed by atoms with Crippen molar-refractivity contribution in [3.05, 3.63) is 46.1 Å². The molecule has 1 spiro atoms. The highest BCUT2D eigenvalue weighted by Gasteiger charge is 2.53. The summed E-state index contributed by atoms with van der Waals surface area (Å²) in [5, 5.41) is 16.0. The molecule has 2 aliphatic rings. The molecule has 0 bridgehead atoms. The van der Waals surface area contributed by atoms with Crippen LogP contribution in [0.5, 0.6) is 0 Å². The van der Waals surface area contributed by atoms with Crippen LogP contribution in [0.25, 0.3) is 0 Å². The first-order chi connectivity index (χ1) is 14.4. The molecule has 0 radical (unpaired) electrons. The molecule has 1 atom stereocenters. The van der Waals surface area contributed by atoms with Crippen molar-refractivity contribution in [1.82, 2.24) is 35.0 Å². The third-order valence-corrected chi connectivity index (χ3v) is 6.81. The predicted octanol–water partition coefficient (Wildman–Crippen LogP) is 2.68. The average Bonchev–Trinajstić information content (AvgIpc) is 3.42. The van der Waals surface area contributed by atoms with Gasteiger partial charge in [0.1, 0.15) is 11.6 Å². The maximum absolute atomic E-state index is 13.5. The number of likely N-dealkylation sites (tertiary alicyclic amines) is 1. The van der Waals surface area contributed by atoms with E-state index in [9.17, 15) is 4.79 Å². The number of hydrogen-bond donors (Lipinski definition) is 1. The fourth-order valence-corrected chi connectivity index (χ4v) is 5.01. The van der Waals surface area contributed by atoms with Gasteiger partial charge < -0.3 is 9.42 Å². The zero-order chi connectivity index (χ0) is 21.0. The lowest BCUT2D eigenvalue weighted by Crippen LogP contribution is -2.38. The molecule has 1 saturated heterocycles. The van der Waals surface area contributed by atoms with Gasteiger partial charge in [0.15, 0.2) is 11.5 Å². The van der Waals surface area contributed by atoms with Gasteiger partial charge in [-0.25, -0.2) is 4.98 Å². The summed E-state index contributed by atoms with van der Waals surface area (Å²) >= 11 is 0. The Labute approximate surface area is 174 Å². The van der Waals surface area contributed by atoms with Crippen LogP contribution in [-0.2, 0) is 6.54 Å². The number of nitrogens with one attached hydrogen (secondary N) is 1. The molecular weight excluding hydrogens is 382 g/mol. The molecule has 1 aliphatic carbocycles. The van der Waals surface area contributed by atoms with E-state index in [0.29, 0.717) is 24.5 Å². The molecular formula is C21H27N7O2. The van der Waals surface area contributed by atoms with Crippen molar-refractivity contribution >= 4 is 5.91 Å². The maximum atomic E-state index is 13.5. The van der Waals surface area contributed by atoms with E-state index in [1.54, 1.807) is 0 Å². The number of amides is 1. The number of carbonyl (C=O) groups is 1. The summed E-state index contributed by atoms with van der Waals surface area (Å²) < 4.78 is 7.33. The largest absolute Gasteiger partial charge is 0.361 e. The van der Waals surface area contributed by atoms with Crippen LogP contribution in [0.2, 0.25) is 0 Å². The predicted molar refractivity (Wildman–Crippen MR) is 108 cm³/mol. The minimum Gasteiger partial charge on any atom is -0.361 e. The van der Waals surface area contributed by atoms with Crippen molar-refractivity contribution in [2.45, 2.75) is 59.4 Å². The Kier molecular flexibility index (Phi) is 4.30. The maximum Gasteiger partial charge on any atom is 0.276 e. The van der Waals surface area contributed by atoms with Gasteiger partial charge in [0.2, 0.25) is 0 Å². The third-order valence-electron chi connectivity index (χ3n) is 6.81. The highest BCUT2D eigenvalue weighted by molar-refractivity contribution is 5.94. The number of nitrogens with zero attached hydrogens (tertiary/aromatic N) is 6. The molecule has 0 aromatic carbocycles. The van der Waals surface area contributed by atoms with Gasteiger partial charge in [0.05, 0.1) is 12.2 Å². The Morgan fingerprint density at radius 1 is 1.30 bits per heavy atom. The van der Waals surface area contributed by atoms with Crippen molar-refractivity contribution in [1.29, 1.82) is 0 Å². The molecule has 30 heavy (non-hydrogen) atoms. The fourth-order valence-electron chi connectivity index (χ4n) is 5.01. The van der Waals surface area contributed by atoms with E-state index in [-0.39, 0.29) is 17.2 Å². The van der Waals surface area contributed by atoms with Gasteiger partial charge in [-0.3, -0.25) is 14.6 Å². The zero-order valence-corrected chi connectivity index (χ0v) is 17.9. The normalized spacial score (nSPS) is 20.1. The lowest BCUT2D eigenvalue weighted by atomic mass is 9.62. The van der Waals surface area contributed by atoms with Crippen LogP contribution in [-0.4, -0.2) is 54.0 Å². The SMILES string of the molecule is Cc1cc(C)n(Cc2c(C(=O)N3CC(c4n[nH]c(C)n4)C4(CCC4)C3)noc2C)n1. The van der Waals surface area contributed by atoms with Gasteiger partial charge in [-0.2, -0.15) is 10.2 Å². The highest BCUT2D eigenvalue weighted by Crippen LogP contribution is 2.55. The van der Waals surface area contributed by atoms with Crippen LogP contribution in [0.15, 0.2) is 10.6 Å². The van der Waals surface area contributed by atoms with Gasteiger partial charge in [-0.1, -0.05) is 11.6 Å². The quantitative estimate of drug-likeness (QED) is 0.710. The van der Waals surface area contributed by atoms with E-state index >= 15 is 0 Å². The van der Waals surface area contributed by atoms with Gasteiger partial charge >= 0.3 is 0 Å². The van der Waals surface area contributed by atoms with Crippen LogP contribution >= 0.6 is 0 Å². The molecule has 2 fully saturated rings. The zero-order valence-electron chi connectivity index (χ0n) is 17.9. The Morgan fingerprint density at radius 3 is 2.70 bits per heavy atom. The molecule has 1 amide bonds. The lowest BCUT2D eigenvalue weighted by Gasteiger charge is -2.41. The summed E-state index contributed by atoms with van der Waals surface area (Å²) in [5.74, 6) is 2.37. The van der Waals surface area contributed by atoms with Gasteiger partial charge in [-0.05, 0) is 52.0 Å². The summed E-state index contributed by atoms with van der Waals surface area (Å²) in [6, 6.07) is 2.02. The van der Waals surface area contributed by atoms with Gasteiger partial charge in [-0.15, -0.1) is 0 Å². The smallest absolute Gasteiger partial charge is 0.276 e. The van der Waals surface area contributed by atoms with E-state index in [1.165, 1.54) is 6.42 Å². The molecule has 9 heteroatoms. The molecule has 1 aliphatic heterocycles. The van der Waals surface area contributed by atoms with E-state index < -0.39 is 0 Å². The number of aromatic nitrogens is 6. The molecule has 1 N–H and O–H groups in total. The summed E-state index contributed by atoms with van der Waals surface area (Å²) in [4.78, 5) is 20.0. The van der Waals surface area contributed by atoms with Crippen LogP contribution in [0.1, 0.15) is 70.0 Å². The van der Waals surface area contributed by atoms with Crippen LogP contribution < -0.4 is 0 Å². The van der Waals surface area contributed by atoms with Crippen LogP contribution in [0.3, 0.4) is 0 Å². The summed E-state index contributed by atoms with van der Waals surface area (Å²) in [5.41, 5.74) is 3.26. The van der Waals surface area contributed by atoms with Crippen molar-refractivity contribution in [2.24, 2.45) is 5.41 Å². The molecule has 9 nitrogen and oxygen atoms in total. The second-order valence-electron chi connectivity index (χ2n) is 8.88. The number of carbonyl (C=O) groups excluding carboxylic acids is 1. The summed E-state index contributed by atoms with van der Waals surface area (Å²) in [6.45, 7) is 9.53. The fraction of sp³-hybridized carbons (Fsp3) is 0.571. The van der Waals surface area contributed by atoms with Crippen LogP contribution in [0, 0.1) is 33.1 Å². The number of aryl methyl sites for hydroxylation is 4. The first kappa shape index (κ1) is 19.0. The van der Waals surface area contributed by atoms with Crippen molar-refractivity contribution in [3.63, 3.8) is 0 Å². The standard InChI is InChI=1S/C21H27N7O2/c1-12-8-13(2)28(25-12)9-16-14(3)30-26-18(16)20(29)27-10-17(19-22-15(4)23-24-19)21(11-27)6-5-7-21/h8,17H,5-7,9-11H2,1-4H3,(H,22,23,24). The minimum absolute atomic E-state index is 0.0792. The molecule has 3 aromatic heterocycles. The first-order valence-corrected chi connectivity index (χ1v) is 10.5. The second kappa shape index (κ2) is 6.78. The van der Waals surface area contributed by atoms with Crippen molar-refractivity contribution < 1.29 is 9.32 Å². The third kappa shape index (κ3) is 2.95. The molecule has 4 heterocycles. The average molecular weight is 409 g/mol. The topological polar surface area (TPSA) is 106 Å². The lowest BCUT2D eigenvalue weighted by molar-refractivity contribution is 0.0713. The molecule has 158 valence electrons.